The van der Waals surface area contributed by atoms with Crippen molar-refractivity contribution in [2.45, 2.75) is 0 Å². The van der Waals surface area contributed by atoms with Crippen LogP contribution in [0.1, 0.15) is 16.2 Å². The van der Waals surface area contributed by atoms with Gasteiger partial charge in [-0.15, -0.1) is 0 Å². The normalized spacial score (nSPS) is 11.1. The highest BCUT2D eigenvalue weighted by molar-refractivity contribution is 5.98. The molecule has 1 aromatic carbocycles. The van der Waals surface area contributed by atoms with Crippen molar-refractivity contribution < 1.29 is 18.9 Å². The van der Waals surface area contributed by atoms with E-state index < -0.39 is 10.8 Å². The molecule has 2 aromatic heterocycles. The average molecular weight is 342 g/mol. The van der Waals surface area contributed by atoms with E-state index in [9.17, 15) is 14.9 Å². The fourth-order valence-corrected chi connectivity index (χ4v) is 2.30. The largest absolute Gasteiger partial charge is 0.493 e. The number of nitrogens with zero attached hydrogens (tertiary/aromatic N) is 3. The number of nitrogens with one attached hydrogen (secondary N) is 1. The first kappa shape index (κ1) is 16.2. The summed E-state index contributed by atoms with van der Waals surface area (Å²) in [7, 11) is 3.21. The molecule has 0 radical (unpaired) electrons. The lowest BCUT2D eigenvalue weighted by Gasteiger charge is -2.00. The van der Waals surface area contributed by atoms with Crippen molar-refractivity contribution in [3.63, 3.8) is 0 Å². The number of nitro benzene ring substituents is 1. The third kappa shape index (κ3) is 3.20. The lowest BCUT2D eigenvalue weighted by atomic mass is 10.2. The lowest BCUT2D eigenvalue weighted by Crippen LogP contribution is -2.17. The van der Waals surface area contributed by atoms with Crippen LogP contribution in [0, 0.1) is 10.1 Å². The maximum Gasteiger partial charge on any atom is 0.307 e. The number of fused-ring (bicyclic) bond motifs is 1. The van der Waals surface area contributed by atoms with Crippen molar-refractivity contribution in [1.82, 2.24) is 9.99 Å². The molecule has 0 aliphatic carbocycles. The maximum atomic E-state index is 12.1. The number of amides is 1. The Kier molecular flexibility index (Phi) is 4.21. The zero-order valence-electron chi connectivity index (χ0n) is 13.4. The summed E-state index contributed by atoms with van der Waals surface area (Å²) in [6, 6.07) is 7.63. The summed E-state index contributed by atoms with van der Waals surface area (Å²) < 4.78 is 12.4. The predicted octanol–water partition coefficient (Wildman–Crippen LogP) is 2.45. The number of methoxy groups -OCH3 is 1. The van der Waals surface area contributed by atoms with Crippen LogP contribution in [-0.2, 0) is 7.05 Å². The second kappa shape index (κ2) is 6.48. The van der Waals surface area contributed by atoms with E-state index in [4.69, 9.17) is 9.15 Å². The number of aromatic nitrogens is 1. The zero-order chi connectivity index (χ0) is 18.0. The van der Waals surface area contributed by atoms with E-state index in [1.807, 2.05) is 29.9 Å². The van der Waals surface area contributed by atoms with Crippen LogP contribution in [0.25, 0.3) is 11.0 Å². The fourth-order valence-electron chi connectivity index (χ4n) is 2.30. The first-order valence-electron chi connectivity index (χ1n) is 7.20. The quantitative estimate of drug-likeness (QED) is 0.435. The number of ether oxygens (including phenoxy) is 1. The molecule has 9 nitrogen and oxygen atoms in total. The fraction of sp³-hybridized carbons (Fsp3) is 0.125. The molecule has 0 saturated carbocycles. The summed E-state index contributed by atoms with van der Waals surface area (Å²) >= 11 is 0. The Hall–Kier alpha value is -3.62. The molecule has 128 valence electrons. The topological polar surface area (TPSA) is 112 Å². The van der Waals surface area contributed by atoms with Crippen molar-refractivity contribution in [2.75, 3.05) is 7.11 Å². The van der Waals surface area contributed by atoms with Crippen LogP contribution in [0.2, 0.25) is 0 Å². The number of hydrogen-bond acceptors (Lipinski definition) is 6. The molecule has 0 aliphatic heterocycles. The second-order valence-corrected chi connectivity index (χ2v) is 5.18. The Morgan fingerprint density at radius 1 is 1.44 bits per heavy atom. The monoisotopic (exact) mass is 342 g/mol. The third-order valence-electron chi connectivity index (χ3n) is 3.57. The Morgan fingerprint density at radius 3 is 2.88 bits per heavy atom. The Bertz CT molecular complexity index is 986. The Morgan fingerprint density at radius 2 is 2.24 bits per heavy atom. The summed E-state index contributed by atoms with van der Waals surface area (Å²) in [5, 5.41) is 15.2. The van der Waals surface area contributed by atoms with Gasteiger partial charge in [0.2, 0.25) is 0 Å². The minimum absolute atomic E-state index is 0.0298. The lowest BCUT2D eigenvalue weighted by molar-refractivity contribution is -0.384. The number of hydrogen-bond donors (Lipinski definition) is 1. The van der Waals surface area contributed by atoms with Gasteiger partial charge in [0.15, 0.2) is 17.1 Å². The predicted molar refractivity (Wildman–Crippen MR) is 89.9 cm³/mol. The molecule has 25 heavy (non-hydrogen) atoms. The summed E-state index contributed by atoms with van der Waals surface area (Å²) in [5.74, 6) is -0.431. The van der Waals surface area contributed by atoms with Gasteiger partial charge >= 0.3 is 5.91 Å². The minimum atomic E-state index is -0.577. The summed E-state index contributed by atoms with van der Waals surface area (Å²) in [4.78, 5) is 22.6. The first-order chi connectivity index (χ1) is 12.0. The van der Waals surface area contributed by atoms with E-state index in [1.165, 1.54) is 31.5 Å². The van der Waals surface area contributed by atoms with Gasteiger partial charge in [-0.05, 0) is 18.2 Å². The minimum Gasteiger partial charge on any atom is -0.493 e. The van der Waals surface area contributed by atoms with E-state index in [0.29, 0.717) is 5.39 Å². The number of carbonyl (C=O) groups excluding carboxylic acids is 1. The number of carbonyl (C=O) groups is 1. The highest BCUT2D eigenvalue weighted by atomic mass is 16.6. The third-order valence-corrected chi connectivity index (χ3v) is 3.57. The van der Waals surface area contributed by atoms with Gasteiger partial charge in [0.25, 0.3) is 5.69 Å². The van der Waals surface area contributed by atoms with Crippen molar-refractivity contribution in [3.05, 3.63) is 58.1 Å². The van der Waals surface area contributed by atoms with E-state index in [1.54, 1.807) is 0 Å². The summed E-state index contributed by atoms with van der Waals surface area (Å²) in [6.07, 6.45) is 3.34. The molecule has 9 heteroatoms. The zero-order valence-corrected chi connectivity index (χ0v) is 13.4. The highest BCUT2D eigenvalue weighted by Crippen LogP contribution is 2.33. The standard InChI is InChI=1S/C16H14N4O5/c1-19-5-3-4-11(19)9-17-18-16(21)14-7-10-6-12(20(22)23)8-13(24-2)15(10)25-14/h3-9H,1-2H3,(H,18,21)/b17-9-. The van der Waals surface area contributed by atoms with Crippen molar-refractivity contribution in [1.29, 1.82) is 0 Å². The molecule has 2 heterocycles. The van der Waals surface area contributed by atoms with Crippen LogP contribution >= 0.6 is 0 Å². The number of rotatable bonds is 5. The van der Waals surface area contributed by atoms with Gasteiger partial charge in [-0.1, -0.05) is 0 Å². The molecule has 3 aromatic rings. The average Bonchev–Trinajstić information content (AvgIpc) is 3.20. The van der Waals surface area contributed by atoms with Crippen LogP contribution in [0.15, 0.2) is 46.0 Å². The molecule has 0 fully saturated rings. The Balaban J connectivity index is 1.85. The Labute approximate surface area is 141 Å². The molecule has 0 unspecified atom stereocenters. The molecule has 3 rings (SSSR count). The maximum absolute atomic E-state index is 12.1. The number of hydrazone groups is 1. The highest BCUT2D eigenvalue weighted by Gasteiger charge is 2.19. The van der Waals surface area contributed by atoms with E-state index >= 15 is 0 Å². The second-order valence-electron chi connectivity index (χ2n) is 5.18. The molecule has 1 N–H and O–H groups in total. The van der Waals surface area contributed by atoms with E-state index in [-0.39, 0.29) is 22.8 Å². The summed E-state index contributed by atoms with van der Waals surface area (Å²) in [6.45, 7) is 0. The van der Waals surface area contributed by atoms with Crippen molar-refractivity contribution >= 4 is 28.8 Å². The number of nitro groups is 1. The van der Waals surface area contributed by atoms with Gasteiger partial charge in [-0.25, -0.2) is 5.43 Å². The molecular formula is C16H14N4O5. The van der Waals surface area contributed by atoms with Crippen LogP contribution in [-0.4, -0.2) is 28.7 Å². The van der Waals surface area contributed by atoms with Crippen molar-refractivity contribution in [2.24, 2.45) is 12.1 Å². The van der Waals surface area contributed by atoms with Gasteiger partial charge in [-0.3, -0.25) is 14.9 Å². The van der Waals surface area contributed by atoms with Crippen molar-refractivity contribution in [3.8, 4) is 5.75 Å². The smallest absolute Gasteiger partial charge is 0.307 e. The molecule has 0 bridgehead atoms. The molecule has 0 aliphatic rings. The van der Waals surface area contributed by atoms with Crippen LogP contribution in [0.4, 0.5) is 5.69 Å². The van der Waals surface area contributed by atoms with Crippen LogP contribution in [0.3, 0.4) is 0 Å². The SMILES string of the molecule is COc1cc([N+](=O)[O-])cc2cc(C(=O)N/N=C\c3cccn3C)oc12. The molecule has 0 atom stereocenters. The number of benzene rings is 1. The van der Waals surface area contributed by atoms with Crippen LogP contribution in [0.5, 0.6) is 5.75 Å². The number of non-ortho nitro benzene ring substituents is 1. The van der Waals surface area contributed by atoms with Gasteiger partial charge in [0, 0.05) is 24.7 Å². The van der Waals surface area contributed by atoms with E-state index in [2.05, 4.69) is 10.5 Å². The van der Waals surface area contributed by atoms with Gasteiger partial charge in [0.1, 0.15) is 0 Å². The number of furan rings is 1. The summed E-state index contributed by atoms with van der Waals surface area (Å²) in [5.41, 5.74) is 3.26. The number of aryl methyl sites for hydroxylation is 1. The van der Waals surface area contributed by atoms with Crippen LogP contribution < -0.4 is 10.2 Å². The molecule has 1 amide bonds. The van der Waals surface area contributed by atoms with E-state index in [0.717, 1.165) is 5.69 Å². The molecular weight excluding hydrogens is 328 g/mol. The van der Waals surface area contributed by atoms with Gasteiger partial charge in [-0.2, -0.15) is 5.10 Å². The van der Waals surface area contributed by atoms with Gasteiger partial charge in [0.05, 0.1) is 30.0 Å². The van der Waals surface area contributed by atoms with Gasteiger partial charge < -0.3 is 13.7 Å². The molecule has 0 saturated heterocycles. The first-order valence-corrected chi connectivity index (χ1v) is 7.20. The molecule has 0 spiro atoms.